The molecule has 8 bridgehead atoms. The van der Waals surface area contributed by atoms with E-state index in [1.54, 1.807) is 6.07 Å². The smallest absolute Gasteiger partial charge is 0.303 e. The van der Waals surface area contributed by atoms with Crippen LogP contribution in [-0.4, -0.2) is 77.5 Å². The van der Waals surface area contributed by atoms with E-state index in [4.69, 9.17) is 32.9 Å². The van der Waals surface area contributed by atoms with Gasteiger partial charge in [0.15, 0.2) is 0 Å². The van der Waals surface area contributed by atoms with Gasteiger partial charge in [-0.15, -0.1) is 0 Å². The molecule has 2 aliphatic rings. The maximum atomic E-state index is 12.1. The van der Waals surface area contributed by atoms with E-state index in [0.29, 0.717) is 93.3 Å². The van der Waals surface area contributed by atoms with Crippen molar-refractivity contribution >= 4 is 67.8 Å². The van der Waals surface area contributed by atoms with Gasteiger partial charge in [-0.05, 0) is 137 Å². The summed E-state index contributed by atoms with van der Waals surface area (Å²) < 4.78 is 0. The number of fused-ring (bicyclic) bond motifs is 8. The summed E-state index contributed by atoms with van der Waals surface area (Å²) in [4.78, 5) is 40.8. The molecule has 0 aromatic carbocycles. The molecule has 14 N–H and O–H groups in total. The molecule has 300 valence electrons. The lowest BCUT2D eigenvalue weighted by molar-refractivity contribution is -0.137. The van der Waals surface area contributed by atoms with E-state index in [-0.39, 0.29) is 37.2 Å². The van der Waals surface area contributed by atoms with Crippen molar-refractivity contribution in [1.82, 2.24) is 19.9 Å². The van der Waals surface area contributed by atoms with Crippen molar-refractivity contribution < 1.29 is 30.0 Å². The molecule has 2 atom stereocenters. The van der Waals surface area contributed by atoms with E-state index in [0.717, 1.165) is 47.1 Å². The lowest BCUT2D eigenvalue weighted by Gasteiger charge is -2.12. The van der Waals surface area contributed by atoms with Crippen molar-refractivity contribution in [3.05, 3.63) is 68.6 Å². The molecule has 3 aromatic rings. The van der Waals surface area contributed by atoms with E-state index >= 15 is 0 Å². The van der Waals surface area contributed by atoms with Crippen molar-refractivity contribution in [1.29, 1.82) is 0 Å². The predicted octanol–water partition coefficient (Wildman–Crippen LogP) is 4.77. The van der Waals surface area contributed by atoms with Gasteiger partial charge < -0.3 is 53.3 Å². The average Bonchev–Trinajstić information content (AvgIpc) is 3.86. The van der Waals surface area contributed by atoms with E-state index in [2.05, 4.69) is 9.97 Å². The van der Waals surface area contributed by atoms with Crippen LogP contribution in [0, 0.1) is 13.8 Å². The number of aryl methyl sites for hydroxylation is 2. The molecular formula is C42H56N8O6. The van der Waals surface area contributed by atoms with Gasteiger partial charge in [-0.3, -0.25) is 9.59 Å². The summed E-state index contributed by atoms with van der Waals surface area (Å²) in [5.41, 5.74) is 33.7. The van der Waals surface area contributed by atoms with Gasteiger partial charge in [0, 0.05) is 18.4 Å². The lowest BCUT2D eigenvalue weighted by Crippen LogP contribution is -2.29. The number of aliphatic hydroxyl groups excluding tert-OH is 2. The van der Waals surface area contributed by atoms with Crippen LogP contribution < -0.4 is 33.4 Å². The largest absolute Gasteiger partial charge is 0.510 e. The van der Waals surface area contributed by atoms with Gasteiger partial charge in [0.2, 0.25) is 0 Å². The molecule has 0 spiro atoms. The van der Waals surface area contributed by atoms with Crippen LogP contribution in [0.3, 0.4) is 0 Å². The van der Waals surface area contributed by atoms with Crippen LogP contribution in [-0.2, 0) is 9.59 Å². The van der Waals surface area contributed by atoms with Gasteiger partial charge in [0.1, 0.15) is 11.5 Å². The standard InChI is InChI=1S/C42H56N8O6/c1-21-17-33-37(41(55)27(45)9-5-7-15-43)39-22(2)18-34(50-39)38(42(56)28(46)10-6-8-16-44)40-24(4)26(12-14-36(53)54)32(49-40)20-31-25(11-13-35(51)52)23(3)30(48-31)19-29(21)47-33/h17-20,27-28,47,50,55-56H,5-16,43-46H2,1-4H3,(H,51,52)(H,53,54)/t27-,28-/m0/s1. The van der Waals surface area contributed by atoms with Gasteiger partial charge >= 0.3 is 11.9 Å². The Morgan fingerprint density at radius 3 is 1.71 bits per heavy atom. The summed E-state index contributed by atoms with van der Waals surface area (Å²) >= 11 is 0. The Labute approximate surface area is 325 Å². The molecule has 56 heavy (non-hydrogen) atoms. The molecular weight excluding hydrogens is 713 g/mol. The Kier molecular flexibility index (Phi) is 13.5. The van der Waals surface area contributed by atoms with E-state index < -0.39 is 24.0 Å². The van der Waals surface area contributed by atoms with E-state index in [9.17, 15) is 30.0 Å². The van der Waals surface area contributed by atoms with Gasteiger partial charge in [-0.1, -0.05) is 12.8 Å². The Morgan fingerprint density at radius 1 is 0.625 bits per heavy atom. The first-order valence-corrected chi connectivity index (χ1v) is 19.3. The Balaban J connectivity index is 2.05. The zero-order valence-electron chi connectivity index (χ0n) is 32.8. The third-order valence-electron chi connectivity index (χ3n) is 10.7. The maximum Gasteiger partial charge on any atom is 0.303 e. The second-order valence-corrected chi connectivity index (χ2v) is 14.8. The summed E-state index contributed by atoms with van der Waals surface area (Å²) in [5.74, 6) is -2.08. The van der Waals surface area contributed by atoms with Gasteiger partial charge in [-0.2, -0.15) is 0 Å². The van der Waals surface area contributed by atoms with Crippen LogP contribution in [0.15, 0.2) is 24.3 Å². The Bertz CT molecular complexity index is 2370. The van der Waals surface area contributed by atoms with Gasteiger partial charge in [-0.25, -0.2) is 9.97 Å². The second kappa shape index (κ2) is 18.1. The number of hydrogen-bond donors (Lipinski definition) is 10. The summed E-state index contributed by atoms with van der Waals surface area (Å²) in [6, 6.07) is 5.98. The number of rotatable bonds is 16. The highest BCUT2D eigenvalue weighted by atomic mass is 16.4. The van der Waals surface area contributed by atoms with Crippen molar-refractivity contribution in [3.8, 4) is 0 Å². The van der Waals surface area contributed by atoms with Crippen molar-refractivity contribution in [2.24, 2.45) is 22.9 Å². The predicted molar refractivity (Wildman–Crippen MR) is 222 cm³/mol. The lowest BCUT2D eigenvalue weighted by atomic mass is 9.97. The number of nitrogens with zero attached hydrogens (tertiary/aromatic N) is 2. The number of carboxylic acids is 2. The monoisotopic (exact) mass is 768 g/mol. The fourth-order valence-electron chi connectivity index (χ4n) is 7.48. The van der Waals surface area contributed by atoms with Crippen molar-refractivity contribution in [3.63, 3.8) is 0 Å². The number of carboxylic acid groups (broad SMARTS) is 2. The highest BCUT2D eigenvalue weighted by Gasteiger charge is 2.25. The number of aliphatic hydroxyl groups is 2. The van der Waals surface area contributed by atoms with E-state index in [1.807, 2.05) is 45.9 Å². The maximum absolute atomic E-state index is 12.1. The zero-order chi connectivity index (χ0) is 40.8. The van der Waals surface area contributed by atoms with Crippen LogP contribution >= 0.6 is 0 Å². The minimum absolute atomic E-state index is 0.0306. The van der Waals surface area contributed by atoms with Crippen molar-refractivity contribution in [2.45, 2.75) is 104 Å². The number of unbranched alkanes of at least 4 members (excludes halogenated alkanes) is 2. The molecule has 0 saturated heterocycles. The highest BCUT2D eigenvalue weighted by Crippen LogP contribution is 2.37. The van der Waals surface area contributed by atoms with Crippen LogP contribution in [0.25, 0.3) is 55.9 Å². The first-order valence-electron chi connectivity index (χ1n) is 19.3. The van der Waals surface area contributed by atoms with Crippen LogP contribution in [0.1, 0.15) is 112 Å². The van der Waals surface area contributed by atoms with Crippen LogP contribution in [0.4, 0.5) is 0 Å². The number of aliphatic carboxylic acids is 2. The number of carbonyl (C=O) groups is 2. The molecule has 0 aliphatic carbocycles. The van der Waals surface area contributed by atoms with Gasteiger partial charge in [0.25, 0.3) is 0 Å². The van der Waals surface area contributed by atoms with E-state index in [1.165, 1.54) is 0 Å². The molecule has 0 radical (unpaired) electrons. The fourth-order valence-corrected chi connectivity index (χ4v) is 7.48. The molecule has 0 unspecified atom stereocenters. The SMILES string of the molecule is CC1=C(CCC(=O)O)c2cc3nc(c(=C(O)[C@@H](N)CCCCN)c4cc(C)c([nH]4)c(=C(O)[C@@H](N)CCCCN)c4cc(C)c(cc1n2)[nH]4)C(C)=C3CCC(=O)O. The van der Waals surface area contributed by atoms with Crippen LogP contribution in [0.2, 0.25) is 0 Å². The summed E-state index contributed by atoms with van der Waals surface area (Å²) in [5, 5.41) is 44.3. The fraction of sp³-hybridized carbons (Fsp3) is 0.429. The number of nitrogens with two attached hydrogens (primary N) is 4. The topological polar surface area (TPSA) is 277 Å². The van der Waals surface area contributed by atoms with Gasteiger partial charge in [0.05, 0.1) is 61.8 Å². The summed E-state index contributed by atoms with van der Waals surface area (Å²) in [6.45, 7) is 8.56. The Morgan fingerprint density at radius 2 is 1.14 bits per heavy atom. The summed E-state index contributed by atoms with van der Waals surface area (Å²) in [6.07, 6.45) is 3.86. The third-order valence-corrected chi connectivity index (χ3v) is 10.7. The molecule has 0 saturated carbocycles. The van der Waals surface area contributed by atoms with Crippen LogP contribution in [0.5, 0.6) is 0 Å². The number of aromatic nitrogens is 4. The zero-order valence-corrected chi connectivity index (χ0v) is 32.8. The number of hydrogen-bond acceptors (Lipinski definition) is 10. The first-order chi connectivity index (χ1) is 26.7. The highest BCUT2D eigenvalue weighted by molar-refractivity contribution is 5.96. The minimum atomic E-state index is -0.983. The normalized spacial score (nSPS) is 15.3. The molecule has 14 heteroatoms. The molecule has 5 heterocycles. The van der Waals surface area contributed by atoms with Crippen molar-refractivity contribution in [2.75, 3.05) is 13.1 Å². The molecule has 5 rings (SSSR count). The number of nitrogens with one attached hydrogen (secondary N) is 2. The first kappa shape index (κ1) is 41.9. The number of H-pyrrole nitrogens is 2. The Hall–Kier alpha value is -5.28. The molecule has 14 nitrogen and oxygen atoms in total. The molecule has 2 aliphatic heterocycles. The molecule has 3 aromatic heterocycles. The third kappa shape index (κ3) is 9.05. The summed E-state index contributed by atoms with van der Waals surface area (Å²) in [7, 11) is 0. The second-order valence-electron chi connectivity index (χ2n) is 14.8. The average molecular weight is 769 g/mol. The molecule has 0 fully saturated rings. The number of allylic oxidation sites excluding steroid dienone is 4. The quantitative estimate of drug-likeness (QED) is 0.0883. The minimum Gasteiger partial charge on any atom is -0.510 e. The number of aromatic amines is 2. The molecule has 0 amide bonds.